The maximum atomic E-state index is 13.1. The zero-order valence-corrected chi connectivity index (χ0v) is 22.4. The highest BCUT2D eigenvalue weighted by molar-refractivity contribution is 7.70. The number of nitrogens with zero attached hydrogens (tertiary/aromatic N) is 1. The quantitative estimate of drug-likeness (QED) is 0.289. The summed E-state index contributed by atoms with van der Waals surface area (Å²) in [5.74, 6) is -2.18. The number of carbonyl (C=O) groups excluding carboxylic acids is 2. The van der Waals surface area contributed by atoms with Crippen LogP contribution in [0.4, 0.5) is 4.79 Å². The number of carbonyl (C=O) groups is 3. The fourth-order valence-corrected chi connectivity index (χ4v) is 6.36. The van der Waals surface area contributed by atoms with E-state index in [0.29, 0.717) is 30.3 Å². The van der Waals surface area contributed by atoms with Gasteiger partial charge in [0, 0.05) is 24.6 Å². The lowest BCUT2D eigenvalue weighted by molar-refractivity contribution is -0.139. The Morgan fingerprint density at radius 1 is 1.19 bits per heavy atom. The van der Waals surface area contributed by atoms with Gasteiger partial charge in [-0.3, -0.25) is 4.79 Å². The first-order valence-electron chi connectivity index (χ1n) is 11.5. The van der Waals surface area contributed by atoms with Crippen molar-refractivity contribution in [2.24, 2.45) is 0 Å². The van der Waals surface area contributed by atoms with Crippen LogP contribution in [0.3, 0.4) is 0 Å². The first-order valence-corrected chi connectivity index (χ1v) is 14.6. The van der Waals surface area contributed by atoms with Crippen molar-refractivity contribution in [3.63, 3.8) is 0 Å². The number of urea groups is 1. The Morgan fingerprint density at radius 3 is 2.43 bits per heavy atom. The first-order chi connectivity index (χ1) is 17.4. The lowest BCUT2D eigenvalue weighted by atomic mass is 10.1. The molecule has 13 heteroatoms. The molecule has 3 atom stereocenters. The van der Waals surface area contributed by atoms with E-state index in [1.807, 2.05) is 0 Å². The minimum Gasteiger partial charge on any atom is -0.508 e. The van der Waals surface area contributed by atoms with E-state index in [4.69, 9.17) is 23.2 Å². The molecular weight excluding hydrogens is 544 g/mol. The van der Waals surface area contributed by atoms with Crippen LogP contribution < -0.4 is 15.9 Å². The molecular formula is C24H28Cl2N3O7P. The second-order valence-electron chi connectivity index (χ2n) is 8.97. The summed E-state index contributed by atoms with van der Waals surface area (Å²) < 4.78 is 13.1. The number of benzene rings is 2. The Bertz CT molecular complexity index is 1220. The molecule has 1 fully saturated rings. The molecule has 5 N–H and O–H groups in total. The van der Waals surface area contributed by atoms with Gasteiger partial charge < -0.3 is 35.4 Å². The van der Waals surface area contributed by atoms with Crippen LogP contribution in [0.15, 0.2) is 36.4 Å². The van der Waals surface area contributed by atoms with E-state index >= 15 is 0 Å². The van der Waals surface area contributed by atoms with Crippen LogP contribution in [0, 0.1) is 0 Å². The van der Waals surface area contributed by atoms with Gasteiger partial charge in [-0.1, -0.05) is 35.3 Å². The third kappa shape index (κ3) is 7.61. The summed E-state index contributed by atoms with van der Waals surface area (Å²) in [6.45, 7) is 1.72. The van der Waals surface area contributed by atoms with Crippen LogP contribution >= 0.6 is 30.3 Å². The minimum absolute atomic E-state index is 0.0116. The highest BCUT2D eigenvalue weighted by atomic mass is 35.5. The van der Waals surface area contributed by atoms with Gasteiger partial charge in [0.15, 0.2) is 0 Å². The number of hydrogen-bond acceptors (Lipinski definition) is 6. The van der Waals surface area contributed by atoms with E-state index < -0.39 is 37.2 Å². The standard InChI is InChI=1S/C24H28Cl2N3O7P/c1-37(36,17-4-2-3-15(30)11-17)8-6-14-9-18(25)21(19(26)10-14)22(32)28-20(23(33)34)12-27-24(35)29-7-5-16(31)13-29/h2-4,9-11,16,20,30-31H,5-8,12-13H2,1H3,(H,27,35)(H,28,32)(H,33,34)/t16?,20-,37?/m0/s1. The van der Waals surface area contributed by atoms with Gasteiger partial charge in [-0.15, -0.1) is 0 Å². The van der Waals surface area contributed by atoms with Gasteiger partial charge in [-0.05, 0) is 49.3 Å². The number of hydrogen-bond donors (Lipinski definition) is 5. The number of aliphatic hydroxyl groups is 1. The molecule has 10 nitrogen and oxygen atoms in total. The SMILES string of the molecule is CP(=O)(CCc1cc(Cl)c(C(=O)N[C@@H](CNC(=O)N2CCC(O)C2)C(=O)O)c(Cl)c1)c1cccc(O)c1. The number of rotatable bonds is 9. The second-order valence-corrected chi connectivity index (χ2v) is 12.9. The Kier molecular flexibility index (Phi) is 9.47. The third-order valence-corrected chi connectivity index (χ3v) is 9.09. The fraction of sp³-hybridized carbons (Fsp3) is 0.375. The number of nitrogens with one attached hydrogen (secondary N) is 2. The smallest absolute Gasteiger partial charge is 0.328 e. The number of aliphatic hydroxyl groups excluding tert-OH is 1. The fourth-order valence-electron chi connectivity index (χ4n) is 3.90. The summed E-state index contributed by atoms with van der Waals surface area (Å²) in [6, 6.07) is 7.26. The normalized spacial score (nSPS) is 17.6. The number of carboxylic acids is 1. The summed E-state index contributed by atoms with van der Waals surface area (Å²) >= 11 is 12.6. The molecule has 200 valence electrons. The van der Waals surface area contributed by atoms with Gasteiger partial charge in [-0.2, -0.15) is 0 Å². The van der Waals surface area contributed by atoms with Crippen molar-refractivity contribution in [3.8, 4) is 5.75 Å². The second kappa shape index (κ2) is 12.2. The molecule has 1 saturated heterocycles. The van der Waals surface area contributed by atoms with Gasteiger partial charge in [0.2, 0.25) is 0 Å². The van der Waals surface area contributed by atoms with Crippen LogP contribution in [0.2, 0.25) is 10.0 Å². The van der Waals surface area contributed by atoms with Crippen LogP contribution in [-0.4, -0.2) is 82.7 Å². The molecule has 1 aliphatic heterocycles. The molecule has 37 heavy (non-hydrogen) atoms. The predicted octanol–water partition coefficient (Wildman–Crippen LogP) is 2.52. The molecule has 1 aliphatic rings. The summed E-state index contributed by atoms with van der Waals surface area (Å²) in [4.78, 5) is 38.0. The van der Waals surface area contributed by atoms with E-state index in [0.717, 1.165) is 0 Å². The van der Waals surface area contributed by atoms with Gasteiger partial charge >= 0.3 is 12.0 Å². The Hall–Kier alpha value is -2.78. The maximum Gasteiger partial charge on any atom is 0.328 e. The summed E-state index contributed by atoms with van der Waals surface area (Å²) in [6.07, 6.45) is 0.415. The van der Waals surface area contributed by atoms with Gasteiger partial charge in [0.05, 0.1) is 28.3 Å². The number of phenols is 1. The average Bonchev–Trinajstić information content (AvgIpc) is 3.26. The van der Waals surface area contributed by atoms with Gasteiger partial charge in [-0.25, -0.2) is 9.59 Å². The van der Waals surface area contributed by atoms with Crippen molar-refractivity contribution in [1.82, 2.24) is 15.5 Å². The third-order valence-electron chi connectivity index (χ3n) is 6.04. The molecule has 3 rings (SSSR count). The Balaban J connectivity index is 1.64. The summed E-state index contributed by atoms with van der Waals surface area (Å²) in [5, 5.41) is 34.0. The van der Waals surface area contributed by atoms with E-state index in [9.17, 15) is 34.3 Å². The first kappa shape index (κ1) is 28.8. The maximum absolute atomic E-state index is 13.1. The highest BCUT2D eigenvalue weighted by Crippen LogP contribution is 2.41. The number of amides is 3. The molecule has 0 spiro atoms. The number of phenolic OH excluding ortho intramolecular Hbond substituents is 1. The van der Waals surface area contributed by atoms with Crippen molar-refractivity contribution in [2.75, 3.05) is 32.5 Å². The monoisotopic (exact) mass is 571 g/mol. The minimum atomic E-state index is -2.80. The molecule has 2 aromatic carbocycles. The van der Waals surface area contributed by atoms with E-state index in [2.05, 4.69) is 10.6 Å². The summed E-state index contributed by atoms with van der Waals surface area (Å²) in [5.41, 5.74) is 0.503. The van der Waals surface area contributed by atoms with Crippen molar-refractivity contribution < 1.29 is 34.3 Å². The lowest BCUT2D eigenvalue weighted by Crippen LogP contribution is -2.50. The molecule has 2 aromatic rings. The zero-order valence-electron chi connectivity index (χ0n) is 20.0. The van der Waals surface area contributed by atoms with Crippen LogP contribution in [0.25, 0.3) is 0 Å². The Labute approximate surface area is 223 Å². The molecule has 0 saturated carbocycles. The highest BCUT2D eigenvalue weighted by Gasteiger charge is 2.28. The topological polar surface area (TPSA) is 156 Å². The molecule has 0 aromatic heterocycles. The number of β-amino-alcohol motifs (C(OH)–C–C–N with tert-alkyl or cyclic N) is 1. The van der Waals surface area contributed by atoms with E-state index in [1.54, 1.807) is 18.8 Å². The molecule has 1 heterocycles. The van der Waals surface area contributed by atoms with E-state index in [-0.39, 0.29) is 40.6 Å². The van der Waals surface area contributed by atoms with E-state index in [1.165, 1.54) is 29.2 Å². The van der Waals surface area contributed by atoms with Crippen molar-refractivity contribution in [3.05, 3.63) is 57.6 Å². The number of carboxylic acid groups (broad SMARTS) is 1. The molecule has 0 radical (unpaired) electrons. The number of halogens is 2. The van der Waals surface area contributed by atoms with Gasteiger partial charge in [0.25, 0.3) is 5.91 Å². The molecule has 3 amide bonds. The van der Waals surface area contributed by atoms with Crippen molar-refractivity contribution in [1.29, 1.82) is 0 Å². The summed E-state index contributed by atoms with van der Waals surface area (Å²) in [7, 11) is -2.80. The predicted molar refractivity (Wildman–Crippen MR) is 141 cm³/mol. The lowest BCUT2D eigenvalue weighted by Gasteiger charge is -2.20. The van der Waals surface area contributed by atoms with Crippen molar-refractivity contribution in [2.45, 2.75) is 25.0 Å². The number of likely N-dealkylation sites (tertiary alicyclic amines) is 1. The number of aryl methyl sites for hydroxylation is 1. The van der Waals surface area contributed by atoms with Gasteiger partial charge in [0.1, 0.15) is 18.9 Å². The molecule has 2 unspecified atom stereocenters. The molecule has 0 aliphatic carbocycles. The average molecular weight is 572 g/mol. The Morgan fingerprint density at radius 2 is 1.86 bits per heavy atom. The number of aromatic hydroxyl groups is 1. The van der Waals surface area contributed by atoms with Crippen LogP contribution in [0.1, 0.15) is 22.3 Å². The van der Waals surface area contributed by atoms with Crippen LogP contribution in [-0.2, 0) is 15.8 Å². The molecule has 0 bridgehead atoms. The zero-order chi connectivity index (χ0) is 27.3. The largest absolute Gasteiger partial charge is 0.508 e. The number of aliphatic carboxylic acids is 1. The van der Waals surface area contributed by atoms with Crippen molar-refractivity contribution >= 4 is 53.6 Å². The van der Waals surface area contributed by atoms with Crippen LogP contribution in [0.5, 0.6) is 5.75 Å².